The first-order valence-corrected chi connectivity index (χ1v) is 6.92. The minimum absolute atomic E-state index is 0.192. The minimum atomic E-state index is 0.192. The first kappa shape index (κ1) is 13.6. The summed E-state index contributed by atoms with van der Waals surface area (Å²) in [6.07, 6.45) is 5.38. The van der Waals surface area contributed by atoms with E-state index in [2.05, 4.69) is 25.0 Å². The zero-order valence-electron chi connectivity index (χ0n) is 11.9. The van der Waals surface area contributed by atoms with Crippen LogP contribution in [0.5, 0.6) is 0 Å². The van der Waals surface area contributed by atoms with Crippen LogP contribution in [0.4, 0.5) is 0 Å². The molecule has 2 rings (SSSR count). The molecule has 0 unspecified atom stereocenters. The fraction of sp³-hybridized carbons (Fsp3) is 0.467. The van der Waals surface area contributed by atoms with E-state index in [0.29, 0.717) is 6.42 Å². The molecule has 0 saturated heterocycles. The fourth-order valence-corrected chi connectivity index (χ4v) is 2.18. The molecule has 0 aliphatic rings. The van der Waals surface area contributed by atoms with E-state index in [1.54, 1.807) is 0 Å². The van der Waals surface area contributed by atoms with Gasteiger partial charge in [0.15, 0.2) is 5.78 Å². The van der Waals surface area contributed by atoms with Crippen LogP contribution in [0.1, 0.15) is 48.9 Å². The van der Waals surface area contributed by atoms with Gasteiger partial charge >= 0.3 is 0 Å². The average molecular weight is 259 g/mol. The van der Waals surface area contributed by atoms with Gasteiger partial charge in [0.25, 0.3) is 0 Å². The number of hydrogen-bond acceptors (Lipinski definition) is 2. The highest BCUT2D eigenvalue weighted by molar-refractivity contribution is 5.95. The van der Waals surface area contributed by atoms with Crippen molar-refractivity contribution in [3.8, 4) is 0 Å². The minimum Gasteiger partial charge on any atom is -0.348 e. The summed E-state index contributed by atoms with van der Waals surface area (Å²) in [5.74, 6) is 0.192. The monoisotopic (exact) mass is 259 g/mol. The van der Waals surface area contributed by atoms with Crippen molar-refractivity contribution in [1.29, 1.82) is 0 Å². The Morgan fingerprint density at radius 1 is 1.32 bits per heavy atom. The second-order valence-electron chi connectivity index (χ2n) is 4.65. The van der Waals surface area contributed by atoms with Gasteiger partial charge in [-0.05, 0) is 25.5 Å². The van der Waals surface area contributed by atoms with E-state index in [-0.39, 0.29) is 5.78 Å². The predicted octanol–water partition coefficient (Wildman–Crippen LogP) is 2.91. The third-order valence-electron chi connectivity index (χ3n) is 3.31. The van der Waals surface area contributed by atoms with Crippen LogP contribution in [0, 0.1) is 0 Å². The second-order valence-corrected chi connectivity index (χ2v) is 4.65. The zero-order chi connectivity index (χ0) is 13.8. The molecule has 2 heterocycles. The SMILES string of the molecule is CCC(=O)c1ccn(Cc2cc(CC)nn2CC)c1. The maximum atomic E-state index is 11.6. The summed E-state index contributed by atoms with van der Waals surface area (Å²) < 4.78 is 4.08. The standard InChI is InChI=1S/C15H21N3O/c1-4-13-9-14(18(6-3)16-13)11-17-8-7-12(10-17)15(19)5-2/h7-10H,4-6,11H2,1-3H3. The quantitative estimate of drug-likeness (QED) is 0.748. The van der Waals surface area contributed by atoms with Gasteiger partial charge < -0.3 is 4.57 Å². The number of aromatic nitrogens is 3. The molecule has 19 heavy (non-hydrogen) atoms. The summed E-state index contributed by atoms with van der Waals surface area (Å²) in [6, 6.07) is 4.03. The second kappa shape index (κ2) is 5.87. The normalized spacial score (nSPS) is 10.9. The van der Waals surface area contributed by atoms with E-state index in [4.69, 9.17) is 0 Å². The van der Waals surface area contributed by atoms with Crippen LogP contribution in [-0.4, -0.2) is 20.1 Å². The van der Waals surface area contributed by atoms with Crippen molar-refractivity contribution in [2.24, 2.45) is 0 Å². The molecule has 2 aromatic heterocycles. The van der Waals surface area contributed by atoms with Crippen LogP contribution in [0.15, 0.2) is 24.5 Å². The number of carbonyl (C=O) groups excluding carboxylic acids is 1. The molecule has 102 valence electrons. The lowest BCUT2D eigenvalue weighted by Crippen LogP contribution is -2.06. The van der Waals surface area contributed by atoms with E-state index in [1.165, 1.54) is 5.69 Å². The molecule has 0 amide bonds. The van der Waals surface area contributed by atoms with E-state index in [1.807, 2.05) is 34.6 Å². The summed E-state index contributed by atoms with van der Waals surface area (Å²) >= 11 is 0. The van der Waals surface area contributed by atoms with E-state index in [9.17, 15) is 4.79 Å². The van der Waals surface area contributed by atoms with Gasteiger partial charge in [0.1, 0.15) is 0 Å². The summed E-state index contributed by atoms with van der Waals surface area (Å²) in [6.45, 7) is 7.73. The Labute approximate surface area is 114 Å². The molecule has 0 aromatic carbocycles. The lowest BCUT2D eigenvalue weighted by molar-refractivity contribution is 0.0988. The van der Waals surface area contributed by atoms with Crippen LogP contribution in [0.2, 0.25) is 0 Å². The molecule has 0 aliphatic heterocycles. The van der Waals surface area contributed by atoms with Gasteiger partial charge in [0, 0.05) is 30.9 Å². The van der Waals surface area contributed by atoms with Crippen molar-refractivity contribution >= 4 is 5.78 Å². The largest absolute Gasteiger partial charge is 0.348 e. The summed E-state index contributed by atoms with van der Waals surface area (Å²) in [5.41, 5.74) is 3.10. The molecule has 0 saturated carbocycles. The van der Waals surface area contributed by atoms with E-state index >= 15 is 0 Å². The molecule has 4 heteroatoms. The highest BCUT2D eigenvalue weighted by atomic mass is 16.1. The van der Waals surface area contributed by atoms with Crippen molar-refractivity contribution in [1.82, 2.24) is 14.3 Å². The molecule has 4 nitrogen and oxygen atoms in total. The third kappa shape index (κ3) is 2.95. The van der Waals surface area contributed by atoms with Crippen LogP contribution >= 0.6 is 0 Å². The zero-order valence-corrected chi connectivity index (χ0v) is 11.9. The van der Waals surface area contributed by atoms with Crippen LogP contribution in [0.25, 0.3) is 0 Å². The molecule has 0 spiro atoms. The number of hydrogen-bond donors (Lipinski definition) is 0. The van der Waals surface area contributed by atoms with Crippen molar-refractivity contribution in [2.75, 3.05) is 0 Å². The number of nitrogens with zero attached hydrogens (tertiary/aromatic N) is 3. The molecule has 0 bridgehead atoms. The maximum Gasteiger partial charge on any atom is 0.164 e. The number of Topliss-reactive ketones (excluding diaryl/α,β-unsaturated/α-hetero) is 1. The molecular formula is C15H21N3O. The van der Waals surface area contributed by atoms with Gasteiger partial charge in [0.05, 0.1) is 17.9 Å². The Morgan fingerprint density at radius 3 is 2.74 bits per heavy atom. The molecular weight excluding hydrogens is 238 g/mol. The Balaban J connectivity index is 2.18. The lowest BCUT2D eigenvalue weighted by Gasteiger charge is -2.05. The van der Waals surface area contributed by atoms with Gasteiger partial charge in [0.2, 0.25) is 0 Å². The summed E-state index contributed by atoms with van der Waals surface area (Å²) in [5, 5.41) is 4.54. The van der Waals surface area contributed by atoms with Gasteiger partial charge in [-0.25, -0.2) is 0 Å². The topological polar surface area (TPSA) is 39.8 Å². The fourth-order valence-electron chi connectivity index (χ4n) is 2.18. The summed E-state index contributed by atoms with van der Waals surface area (Å²) in [7, 11) is 0. The lowest BCUT2D eigenvalue weighted by atomic mass is 10.2. The molecule has 0 aliphatic carbocycles. The van der Waals surface area contributed by atoms with E-state index in [0.717, 1.165) is 30.8 Å². The highest BCUT2D eigenvalue weighted by Gasteiger charge is 2.08. The van der Waals surface area contributed by atoms with Gasteiger partial charge in [-0.3, -0.25) is 9.48 Å². The molecule has 0 radical (unpaired) electrons. The first-order valence-electron chi connectivity index (χ1n) is 6.92. The Morgan fingerprint density at radius 2 is 2.11 bits per heavy atom. The Hall–Kier alpha value is -1.84. The average Bonchev–Trinajstić information content (AvgIpc) is 3.05. The number of ketones is 1. The van der Waals surface area contributed by atoms with Gasteiger partial charge in [-0.15, -0.1) is 0 Å². The van der Waals surface area contributed by atoms with Crippen molar-refractivity contribution in [3.05, 3.63) is 41.5 Å². The van der Waals surface area contributed by atoms with Crippen molar-refractivity contribution in [2.45, 2.75) is 46.7 Å². The number of rotatable bonds is 6. The first-order chi connectivity index (χ1) is 9.17. The molecule has 2 aromatic rings. The van der Waals surface area contributed by atoms with Crippen molar-refractivity contribution < 1.29 is 4.79 Å². The molecule has 0 atom stereocenters. The molecule has 0 N–H and O–H groups in total. The van der Waals surface area contributed by atoms with Gasteiger partial charge in [-0.2, -0.15) is 5.10 Å². The Bertz CT molecular complexity index is 566. The predicted molar refractivity (Wildman–Crippen MR) is 75.4 cm³/mol. The third-order valence-corrected chi connectivity index (χ3v) is 3.31. The summed E-state index contributed by atoms with van der Waals surface area (Å²) in [4.78, 5) is 11.6. The highest BCUT2D eigenvalue weighted by Crippen LogP contribution is 2.10. The molecule has 0 fully saturated rings. The van der Waals surface area contributed by atoms with Crippen LogP contribution in [-0.2, 0) is 19.5 Å². The van der Waals surface area contributed by atoms with Crippen molar-refractivity contribution in [3.63, 3.8) is 0 Å². The number of carbonyl (C=O) groups is 1. The number of aryl methyl sites for hydroxylation is 2. The van der Waals surface area contributed by atoms with Gasteiger partial charge in [-0.1, -0.05) is 13.8 Å². The maximum absolute atomic E-state index is 11.6. The smallest absolute Gasteiger partial charge is 0.164 e. The van der Waals surface area contributed by atoms with E-state index < -0.39 is 0 Å². The van der Waals surface area contributed by atoms with Crippen LogP contribution in [0.3, 0.4) is 0 Å². The Kier molecular flexibility index (Phi) is 4.20. The van der Waals surface area contributed by atoms with Crippen LogP contribution < -0.4 is 0 Å².